The highest BCUT2D eigenvalue weighted by atomic mass is 32.1. The zero-order chi connectivity index (χ0) is 15.9. The molecule has 0 aliphatic rings. The molecule has 0 unspecified atom stereocenters. The third-order valence-corrected chi connectivity index (χ3v) is 4.15. The molecule has 0 atom stereocenters. The number of aromatic nitrogens is 1. The minimum absolute atomic E-state index is 0.0738. The van der Waals surface area contributed by atoms with Gasteiger partial charge in [0.15, 0.2) is 0 Å². The van der Waals surface area contributed by atoms with Crippen molar-refractivity contribution in [3.05, 3.63) is 82.3 Å². The van der Waals surface area contributed by atoms with Gasteiger partial charge in [0.1, 0.15) is 0 Å². The number of hydrogen-bond donors (Lipinski definition) is 2. The van der Waals surface area contributed by atoms with E-state index in [9.17, 15) is 4.79 Å². The predicted molar refractivity (Wildman–Crippen MR) is 93.5 cm³/mol. The maximum absolute atomic E-state index is 12.3. The lowest BCUT2D eigenvalue weighted by Gasteiger charge is -2.08. The molecule has 0 saturated heterocycles. The van der Waals surface area contributed by atoms with Crippen LogP contribution in [0.5, 0.6) is 0 Å². The fourth-order valence-corrected chi connectivity index (χ4v) is 2.70. The molecule has 5 heteroatoms. The van der Waals surface area contributed by atoms with Crippen LogP contribution in [-0.2, 0) is 13.1 Å². The summed E-state index contributed by atoms with van der Waals surface area (Å²) < 4.78 is 0. The molecule has 0 spiro atoms. The SMILES string of the molecule is O=C(NCc1ccccc1)c1cccc(NCc2cncs2)c1. The van der Waals surface area contributed by atoms with Gasteiger partial charge in [-0.25, -0.2) is 0 Å². The van der Waals surface area contributed by atoms with Crippen molar-refractivity contribution in [1.29, 1.82) is 0 Å². The molecule has 4 nitrogen and oxygen atoms in total. The molecule has 3 aromatic rings. The van der Waals surface area contributed by atoms with Crippen molar-refractivity contribution in [2.75, 3.05) is 5.32 Å². The molecule has 23 heavy (non-hydrogen) atoms. The summed E-state index contributed by atoms with van der Waals surface area (Å²) in [4.78, 5) is 17.5. The van der Waals surface area contributed by atoms with Gasteiger partial charge in [0.25, 0.3) is 5.91 Å². The van der Waals surface area contributed by atoms with E-state index < -0.39 is 0 Å². The van der Waals surface area contributed by atoms with E-state index in [-0.39, 0.29) is 5.91 Å². The zero-order valence-corrected chi connectivity index (χ0v) is 13.3. The van der Waals surface area contributed by atoms with E-state index in [4.69, 9.17) is 0 Å². The second kappa shape index (κ2) is 7.56. The first-order chi connectivity index (χ1) is 11.3. The molecule has 0 fully saturated rings. The molecule has 0 radical (unpaired) electrons. The number of nitrogens with zero attached hydrogens (tertiary/aromatic N) is 1. The van der Waals surface area contributed by atoms with Crippen LogP contribution in [0.3, 0.4) is 0 Å². The summed E-state index contributed by atoms with van der Waals surface area (Å²) in [5.74, 6) is -0.0738. The lowest BCUT2D eigenvalue weighted by atomic mass is 10.1. The third-order valence-electron chi connectivity index (χ3n) is 3.37. The molecule has 3 rings (SSSR count). The zero-order valence-electron chi connectivity index (χ0n) is 12.5. The van der Waals surface area contributed by atoms with Crippen LogP contribution >= 0.6 is 11.3 Å². The van der Waals surface area contributed by atoms with Crippen molar-refractivity contribution in [1.82, 2.24) is 10.3 Å². The summed E-state index contributed by atoms with van der Waals surface area (Å²) in [7, 11) is 0. The standard InChI is InChI=1S/C18H17N3OS/c22-18(21-10-14-5-2-1-3-6-14)15-7-4-8-16(9-15)20-12-17-11-19-13-23-17/h1-9,11,13,20H,10,12H2,(H,21,22). The lowest BCUT2D eigenvalue weighted by molar-refractivity contribution is 0.0951. The Bertz CT molecular complexity index is 757. The van der Waals surface area contributed by atoms with Gasteiger partial charge in [0.05, 0.1) is 12.1 Å². The van der Waals surface area contributed by atoms with Crippen molar-refractivity contribution in [2.45, 2.75) is 13.1 Å². The second-order valence-electron chi connectivity index (χ2n) is 5.07. The number of nitrogens with one attached hydrogen (secondary N) is 2. The third kappa shape index (κ3) is 4.40. The quantitative estimate of drug-likeness (QED) is 0.727. The molecule has 1 heterocycles. The fourth-order valence-electron chi connectivity index (χ4n) is 2.17. The van der Waals surface area contributed by atoms with Gasteiger partial charge in [0.2, 0.25) is 0 Å². The smallest absolute Gasteiger partial charge is 0.251 e. The van der Waals surface area contributed by atoms with Crippen LogP contribution in [0.25, 0.3) is 0 Å². The van der Waals surface area contributed by atoms with Crippen molar-refractivity contribution in [3.63, 3.8) is 0 Å². The number of anilines is 1. The first kappa shape index (κ1) is 15.2. The van der Waals surface area contributed by atoms with E-state index in [2.05, 4.69) is 15.6 Å². The number of carbonyl (C=O) groups is 1. The van der Waals surface area contributed by atoms with Crippen molar-refractivity contribution >= 4 is 22.9 Å². The van der Waals surface area contributed by atoms with Crippen LogP contribution in [0.15, 0.2) is 66.3 Å². The molecule has 2 N–H and O–H groups in total. The van der Waals surface area contributed by atoms with Gasteiger partial charge in [-0.3, -0.25) is 9.78 Å². The number of amides is 1. The summed E-state index contributed by atoms with van der Waals surface area (Å²) in [5, 5.41) is 6.24. The van der Waals surface area contributed by atoms with E-state index in [1.54, 1.807) is 11.3 Å². The average molecular weight is 323 g/mol. The Labute approximate surface area is 139 Å². The van der Waals surface area contributed by atoms with E-state index in [1.165, 1.54) is 0 Å². The summed E-state index contributed by atoms with van der Waals surface area (Å²) >= 11 is 1.61. The highest BCUT2D eigenvalue weighted by Crippen LogP contribution is 2.14. The van der Waals surface area contributed by atoms with E-state index >= 15 is 0 Å². The van der Waals surface area contributed by atoms with Gasteiger partial charge >= 0.3 is 0 Å². The second-order valence-corrected chi connectivity index (χ2v) is 6.04. The number of thiazole rings is 1. The Morgan fingerprint density at radius 2 is 1.91 bits per heavy atom. The molecule has 1 aromatic heterocycles. The van der Waals surface area contributed by atoms with Crippen LogP contribution in [-0.4, -0.2) is 10.9 Å². The normalized spacial score (nSPS) is 10.3. The monoisotopic (exact) mass is 323 g/mol. The van der Waals surface area contributed by atoms with Crippen molar-refractivity contribution < 1.29 is 4.79 Å². The molecule has 0 aliphatic heterocycles. The van der Waals surface area contributed by atoms with E-state index in [1.807, 2.05) is 66.3 Å². The summed E-state index contributed by atoms with van der Waals surface area (Å²) in [6, 6.07) is 17.4. The van der Waals surface area contributed by atoms with Gasteiger partial charge in [0, 0.05) is 28.9 Å². The predicted octanol–water partition coefficient (Wildman–Crippen LogP) is 3.69. The first-order valence-electron chi connectivity index (χ1n) is 7.35. The molecule has 116 valence electrons. The van der Waals surface area contributed by atoms with E-state index in [0.717, 1.165) is 16.1 Å². The van der Waals surface area contributed by atoms with Crippen molar-refractivity contribution in [2.24, 2.45) is 0 Å². The number of hydrogen-bond acceptors (Lipinski definition) is 4. The molecule has 2 aromatic carbocycles. The molecule has 0 bridgehead atoms. The fraction of sp³-hybridized carbons (Fsp3) is 0.111. The minimum atomic E-state index is -0.0738. The van der Waals surface area contributed by atoms with Gasteiger partial charge in [-0.05, 0) is 23.8 Å². The van der Waals surface area contributed by atoms with Crippen LogP contribution in [0.2, 0.25) is 0 Å². The number of rotatable bonds is 6. The Hall–Kier alpha value is -2.66. The molecule has 0 aliphatic carbocycles. The minimum Gasteiger partial charge on any atom is -0.380 e. The number of benzene rings is 2. The summed E-state index contributed by atoms with van der Waals surface area (Å²) in [5.41, 5.74) is 4.46. The maximum atomic E-state index is 12.3. The first-order valence-corrected chi connectivity index (χ1v) is 8.22. The molecule has 0 saturated carbocycles. The van der Waals surface area contributed by atoms with Gasteiger partial charge in [-0.2, -0.15) is 0 Å². The van der Waals surface area contributed by atoms with E-state index in [0.29, 0.717) is 18.7 Å². The topological polar surface area (TPSA) is 54.0 Å². The maximum Gasteiger partial charge on any atom is 0.251 e. The van der Waals surface area contributed by atoms with Crippen LogP contribution in [0.1, 0.15) is 20.8 Å². The van der Waals surface area contributed by atoms with Gasteiger partial charge < -0.3 is 10.6 Å². The Morgan fingerprint density at radius 1 is 1.04 bits per heavy atom. The van der Waals surface area contributed by atoms with Crippen LogP contribution in [0, 0.1) is 0 Å². The highest BCUT2D eigenvalue weighted by molar-refractivity contribution is 7.09. The van der Waals surface area contributed by atoms with Gasteiger partial charge in [-0.1, -0.05) is 36.4 Å². The van der Waals surface area contributed by atoms with Gasteiger partial charge in [-0.15, -0.1) is 11.3 Å². The molecule has 1 amide bonds. The molecular formula is C18H17N3OS. The molecular weight excluding hydrogens is 306 g/mol. The largest absolute Gasteiger partial charge is 0.380 e. The van der Waals surface area contributed by atoms with Crippen molar-refractivity contribution in [3.8, 4) is 0 Å². The summed E-state index contributed by atoms with van der Waals surface area (Å²) in [6.45, 7) is 1.23. The Kier molecular flexibility index (Phi) is 5.01. The summed E-state index contributed by atoms with van der Waals surface area (Å²) in [6.07, 6.45) is 1.84. The Balaban J connectivity index is 1.58. The highest BCUT2D eigenvalue weighted by Gasteiger charge is 2.06. The van der Waals surface area contributed by atoms with Crippen LogP contribution in [0.4, 0.5) is 5.69 Å². The number of carbonyl (C=O) groups excluding carboxylic acids is 1. The van der Waals surface area contributed by atoms with Crippen LogP contribution < -0.4 is 10.6 Å². The Morgan fingerprint density at radius 3 is 2.70 bits per heavy atom. The average Bonchev–Trinajstić information content (AvgIpc) is 3.12. The lowest BCUT2D eigenvalue weighted by Crippen LogP contribution is -2.22.